The Balaban J connectivity index is 1.54. The van der Waals surface area contributed by atoms with Crippen LogP contribution in [0.25, 0.3) is 0 Å². The molecule has 1 heterocycles. The third kappa shape index (κ3) is 4.39. The van der Waals surface area contributed by atoms with Crippen LogP contribution in [0.5, 0.6) is 0 Å². The number of carbonyl (C=O) groups excluding carboxylic acids is 2. The lowest BCUT2D eigenvalue weighted by molar-refractivity contribution is -0.125. The van der Waals surface area contributed by atoms with Crippen molar-refractivity contribution in [1.29, 1.82) is 0 Å². The third-order valence-corrected chi connectivity index (χ3v) is 6.77. The van der Waals surface area contributed by atoms with Crippen molar-refractivity contribution in [2.45, 2.75) is 44.6 Å². The quantitative estimate of drug-likeness (QED) is 0.815. The summed E-state index contributed by atoms with van der Waals surface area (Å²) >= 11 is 0. The largest absolute Gasteiger partial charge is 0.452 e. The molecule has 2 aliphatic rings. The van der Waals surface area contributed by atoms with Crippen molar-refractivity contribution in [2.75, 3.05) is 18.1 Å². The van der Waals surface area contributed by atoms with Crippen LogP contribution in [0.15, 0.2) is 18.2 Å². The van der Waals surface area contributed by atoms with Gasteiger partial charge in [0.05, 0.1) is 22.6 Å². The van der Waals surface area contributed by atoms with Crippen LogP contribution in [0.1, 0.15) is 47.7 Å². The molecular weight excluding hydrogens is 342 g/mol. The molecule has 6 nitrogen and oxygen atoms in total. The summed E-state index contributed by atoms with van der Waals surface area (Å²) in [7, 11) is -3.11. The molecule has 1 saturated heterocycles. The van der Waals surface area contributed by atoms with E-state index in [1.807, 2.05) is 12.1 Å². The van der Waals surface area contributed by atoms with Gasteiger partial charge in [-0.1, -0.05) is 6.07 Å². The number of nitrogens with one attached hydrogen (secondary N) is 1. The van der Waals surface area contributed by atoms with E-state index in [9.17, 15) is 18.0 Å². The fraction of sp³-hybridized carbons (Fsp3) is 0.556. The number of aryl methyl sites for hydroxylation is 2. The Morgan fingerprint density at radius 1 is 1.20 bits per heavy atom. The molecule has 1 N–H and O–H groups in total. The number of benzene rings is 1. The standard InChI is InChI=1S/C18H23NO5S/c1-18(8-9-25(22,23)12-18)19-16(20)11-24-17(21)15-7-6-13-4-2-3-5-14(13)10-15/h6-7,10H,2-5,8-9,11-12H2,1H3,(H,19,20)/t18-/m0/s1. The van der Waals surface area contributed by atoms with E-state index in [2.05, 4.69) is 5.32 Å². The smallest absolute Gasteiger partial charge is 0.338 e. The summed E-state index contributed by atoms with van der Waals surface area (Å²) in [5.74, 6) is -1.03. The predicted octanol–water partition coefficient (Wildman–Crippen LogP) is 1.42. The van der Waals surface area contributed by atoms with Gasteiger partial charge in [-0.05, 0) is 62.3 Å². The first-order valence-corrected chi connectivity index (χ1v) is 10.4. The Morgan fingerprint density at radius 2 is 1.92 bits per heavy atom. The molecule has 1 amide bonds. The highest BCUT2D eigenvalue weighted by Gasteiger charge is 2.39. The molecule has 1 fully saturated rings. The normalized spacial score (nSPS) is 24.4. The van der Waals surface area contributed by atoms with Crippen molar-refractivity contribution in [3.05, 3.63) is 34.9 Å². The van der Waals surface area contributed by atoms with Crippen LogP contribution in [-0.2, 0) is 32.2 Å². The van der Waals surface area contributed by atoms with Gasteiger partial charge in [0.25, 0.3) is 5.91 Å². The lowest BCUT2D eigenvalue weighted by Gasteiger charge is -2.23. The maximum absolute atomic E-state index is 12.2. The van der Waals surface area contributed by atoms with E-state index in [-0.39, 0.29) is 11.5 Å². The van der Waals surface area contributed by atoms with Crippen LogP contribution in [-0.4, -0.2) is 43.9 Å². The molecule has 1 aromatic rings. The maximum Gasteiger partial charge on any atom is 0.338 e. The molecule has 0 bridgehead atoms. The number of rotatable bonds is 4. The second kappa shape index (κ2) is 6.78. The number of amides is 1. The van der Waals surface area contributed by atoms with Gasteiger partial charge in [-0.25, -0.2) is 13.2 Å². The Hall–Kier alpha value is -1.89. The van der Waals surface area contributed by atoms with E-state index in [4.69, 9.17) is 4.74 Å². The predicted molar refractivity (Wildman–Crippen MR) is 93.2 cm³/mol. The number of hydrogen-bond donors (Lipinski definition) is 1. The molecule has 25 heavy (non-hydrogen) atoms. The summed E-state index contributed by atoms with van der Waals surface area (Å²) in [6.07, 6.45) is 4.67. The monoisotopic (exact) mass is 365 g/mol. The van der Waals surface area contributed by atoms with Crippen molar-refractivity contribution in [3.8, 4) is 0 Å². The van der Waals surface area contributed by atoms with E-state index in [0.717, 1.165) is 19.3 Å². The van der Waals surface area contributed by atoms with Gasteiger partial charge in [0, 0.05) is 0 Å². The first-order chi connectivity index (χ1) is 11.8. The lowest BCUT2D eigenvalue weighted by atomic mass is 9.90. The van der Waals surface area contributed by atoms with Gasteiger partial charge in [0.2, 0.25) is 0 Å². The van der Waals surface area contributed by atoms with Crippen LogP contribution < -0.4 is 5.32 Å². The minimum atomic E-state index is -3.11. The van der Waals surface area contributed by atoms with Crippen LogP contribution in [0.2, 0.25) is 0 Å². The Kier molecular flexibility index (Phi) is 4.86. The van der Waals surface area contributed by atoms with Gasteiger partial charge < -0.3 is 10.1 Å². The van der Waals surface area contributed by atoms with E-state index in [1.54, 1.807) is 13.0 Å². The topological polar surface area (TPSA) is 89.5 Å². The number of carbonyl (C=O) groups is 2. The second-order valence-corrected chi connectivity index (χ2v) is 9.40. The lowest BCUT2D eigenvalue weighted by Crippen LogP contribution is -2.48. The number of hydrogen-bond acceptors (Lipinski definition) is 5. The zero-order chi connectivity index (χ0) is 18.1. The molecule has 0 aromatic heterocycles. The van der Waals surface area contributed by atoms with Crippen molar-refractivity contribution in [3.63, 3.8) is 0 Å². The summed E-state index contributed by atoms with van der Waals surface area (Å²) in [6, 6.07) is 5.53. The fourth-order valence-electron chi connectivity index (χ4n) is 3.56. The summed E-state index contributed by atoms with van der Waals surface area (Å²) in [6.45, 7) is 1.28. The molecule has 7 heteroatoms. The molecule has 0 unspecified atom stereocenters. The molecule has 0 radical (unpaired) electrons. The number of esters is 1. The van der Waals surface area contributed by atoms with Crippen LogP contribution in [0.3, 0.4) is 0 Å². The van der Waals surface area contributed by atoms with Gasteiger partial charge >= 0.3 is 5.97 Å². The molecule has 1 aromatic carbocycles. The molecular formula is C18H23NO5S. The van der Waals surface area contributed by atoms with Crippen molar-refractivity contribution in [2.24, 2.45) is 0 Å². The number of ether oxygens (including phenoxy) is 1. The SMILES string of the molecule is C[C@]1(NC(=O)COC(=O)c2ccc3c(c2)CCCC3)CCS(=O)(=O)C1. The zero-order valence-corrected chi connectivity index (χ0v) is 15.2. The molecule has 0 spiro atoms. The van der Waals surface area contributed by atoms with Crippen molar-refractivity contribution in [1.82, 2.24) is 5.32 Å². The second-order valence-electron chi connectivity index (χ2n) is 7.22. The Morgan fingerprint density at radius 3 is 2.60 bits per heavy atom. The maximum atomic E-state index is 12.2. The highest BCUT2D eigenvalue weighted by molar-refractivity contribution is 7.91. The molecule has 1 atom stereocenters. The van der Waals surface area contributed by atoms with Gasteiger partial charge in [-0.15, -0.1) is 0 Å². The zero-order valence-electron chi connectivity index (χ0n) is 14.3. The summed E-state index contributed by atoms with van der Waals surface area (Å²) in [5, 5.41) is 2.67. The average molecular weight is 365 g/mol. The highest BCUT2D eigenvalue weighted by Crippen LogP contribution is 2.23. The van der Waals surface area contributed by atoms with E-state index in [0.29, 0.717) is 12.0 Å². The van der Waals surface area contributed by atoms with Crippen molar-refractivity contribution < 1.29 is 22.7 Å². The summed E-state index contributed by atoms with van der Waals surface area (Å²) in [4.78, 5) is 24.2. The average Bonchev–Trinajstić information content (AvgIpc) is 2.85. The van der Waals surface area contributed by atoms with Gasteiger partial charge in [-0.3, -0.25) is 4.79 Å². The first-order valence-electron chi connectivity index (χ1n) is 8.57. The minimum Gasteiger partial charge on any atom is -0.452 e. The number of fused-ring (bicyclic) bond motifs is 1. The van der Waals surface area contributed by atoms with Crippen LogP contribution in [0, 0.1) is 0 Å². The van der Waals surface area contributed by atoms with E-state index in [1.165, 1.54) is 17.5 Å². The minimum absolute atomic E-state index is 0.0681. The summed E-state index contributed by atoms with van der Waals surface area (Å²) < 4.78 is 28.2. The van der Waals surface area contributed by atoms with Gasteiger partial charge in [0.15, 0.2) is 16.4 Å². The van der Waals surface area contributed by atoms with Gasteiger partial charge in [0.1, 0.15) is 0 Å². The highest BCUT2D eigenvalue weighted by atomic mass is 32.2. The Bertz CT molecular complexity index is 802. The third-order valence-electron chi connectivity index (χ3n) is 4.86. The molecule has 3 rings (SSSR count). The fourth-order valence-corrected chi connectivity index (χ4v) is 5.65. The molecule has 1 aliphatic carbocycles. The summed E-state index contributed by atoms with van der Waals surface area (Å²) in [5.41, 5.74) is 2.11. The van der Waals surface area contributed by atoms with Crippen molar-refractivity contribution >= 4 is 21.7 Å². The van der Waals surface area contributed by atoms with Gasteiger partial charge in [-0.2, -0.15) is 0 Å². The van der Waals surface area contributed by atoms with E-state index < -0.39 is 33.9 Å². The Labute approximate surface area is 147 Å². The molecule has 0 saturated carbocycles. The number of sulfone groups is 1. The molecule has 1 aliphatic heterocycles. The van der Waals surface area contributed by atoms with Crippen LogP contribution >= 0.6 is 0 Å². The first kappa shape index (κ1) is 17.9. The van der Waals surface area contributed by atoms with Crippen LogP contribution in [0.4, 0.5) is 0 Å². The molecule has 136 valence electrons. The van der Waals surface area contributed by atoms with E-state index >= 15 is 0 Å².